The monoisotopic (exact) mass is 348 g/mol. The van der Waals surface area contributed by atoms with Crippen LogP contribution in [0.5, 0.6) is 0 Å². The van der Waals surface area contributed by atoms with Crippen LogP contribution < -0.4 is 10.6 Å². The largest absolute Gasteiger partial charge is 0.323 e. The van der Waals surface area contributed by atoms with Gasteiger partial charge in [0.25, 0.3) is 0 Å². The van der Waals surface area contributed by atoms with E-state index in [-0.39, 0.29) is 5.82 Å². The molecular weight excluding hydrogens is 335 g/mol. The SMILES string of the molecule is Cc1ccc(NC(=O)N/C=C/c2ccccc2F)c(Br)c1. The van der Waals surface area contributed by atoms with Crippen LogP contribution in [0.15, 0.2) is 53.1 Å². The zero-order chi connectivity index (χ0) is 15.2. The highest BCUT2D eigenvalue weighted by atomic mass is 79.9. The maximum absolute atomic E-state index is 13.4. The average Bonchev–Trinajstić information content (AvgIpc) is 2.44. The van der Waals surface area contributed by atoms with Gasteiger partial charge in [0, 0.05) is 16.2 Å². The van der Waals surface area contributed by atoms with E-state index in [0.29, 0.717) is 11.3 Å². The minimum atomic E-state index is -0.396. The minimum Gasteiger partial charge on any atom is -0.314 e. The summed E-state index contributed by atoms with van der Waals surface area (Å²) in [5.74, 6) is -0.336. The van der Waals surface area contributed by atoms with E-state index in [1.807, 2.05) is 19.1 Å². The summed E-state index contributed by atoms with van der Waals surface area (Å²) in [7, 11) is 0. The van der Waals surface area contributed by atoms with Crippen molar-refractivity contribution in [1.82, 2.24) is 5.32 Å². The molecule has 0 fully saturated rings. The van der Waals surface area contributed by atoms with Crippen LogP contribution in [0.3, 0.4) is 0 Å². The van der Waals surface area contributed by atoms with E-state index in [1.54, 1.807) is 24.3 Å². The molecule has 0 atom stereocenters. The van der Waals surface area contributed by atoms with Crippen LogP contribution >= 0.6 is 15.9 Å². The number of rotatable bonds is 3. The van der Waals surface area contributed by atoms with Gasteiger partial charge in [-0.3, -0.25) is 0 Å². The molecule has 5 heteroatoms. The Morgan fingerprint density at radius 3 is 2.71 bits per heavy atom. The maximum atomic E-state index is 13.4. The highest BCUT2D eigenvalue weighted by molar-refractivity contribution is 9.10. The van der Waals surface area contributed by atoms with Crippen molar-refractivity contribution in [3.63, 3.8) is 0 Å². The van der Waals surface area contributed by atoms with Crippen molar-refractivity contribution >= 4 is 33.7 Å². The van der Waals surface area contributed by atoms with Crippen molar-refractivity contribution < 1.29 is 9.18 Å². The smallest absolute Gasteiger partial charge is 0.314 e. The third-order valence-electron chi connectivity index (χ3n) is 2.76. The molecule has 0 bridgehead atoms. The fourth-order valence-electron chi connectivity index (χ4n) is 1.70. The highest BCUT2D eigenvalue weighted by Gasteiger charge is 2.03. The summed E-state index contributed by atoms with van der Waals surface area (Å²) in [6.45, 7) is 1.96. The molecule has 21 heavy (non-hydrogen) atoms. The standard InChI is InChI=1S/C16H14BrFN2O/c1-11-6-7-15(13(17)10-11)20-16(21)19-9-8-12-4-2-3-5-14(12)18/h2-10H,1H3,(H2,19,20,21)/b9-8+. The molecule has 2 N–H and O–H groups in total. The number of nitrogens with one attached hydrogen (secondary N) is 2. The number of anilines is 1. The molecule has 2 amide bonds. The number of carbonyl (C=O) groups is 1. The molecule has 0 spiro atoms. The van der Waals surface area contributed by atoms with Crippen LogP contribution in [0, 0.1) is 12.7 Å². The number of hydrogen-bond acceptors (Lipinski definition) is 1. The van der Waals surface area contributed by atoms with E-state index in [0.717, 1.165) is 10.0 Å². The fourth-order valence-corrected chi connectivity index (χ4v) is 2.29. The first-order chi connectivity index (χ1) is 10.1. The third-order valence-corrected chi connectivity index (χ3v) is 3.41. The molecule has 0 unspecified atom stereocenters. The zero-order valence-electron chi connectivity index (χ0n) is 11.4. The van der Waals surface area contributed by atoms with Crippen LogP contribution in [-0.4, -0.2) is 6.03 Å². The normalized spacial score (nSPS) is 10.6. The topological polar surface area (TPSA) is 41.1 Å². The molecule has 0 radical (unpaired) electrons. The second-order valence-electron chi connectivity index (χ2n) is 4.44. The zero-order valence-corrected chi connectivity index (χ0v) is 12.9. The van der Waals surface area contributed by atoms with Crippen molar-refractivity contribution in [2.24, 2.45) is 0 Å². The Morgan fingerprint density at radius 2 is 2.00 bits per heavy atom. The Morgan fingerprint density at radius 1 is 1.24 bits per heavy atom. The summed E-state index contributed by atoms with van der Waals surface area (Å²) in [6, 6.07) is 11.5. The quantitative estimate of drug-likeness (QED) is 0.829. The van der Waals surface area contributed by atoms with E-state index in [2.05, 4.69) is 26.6 Å². The Balaban J connectivity index is 1.95. The molecule has 3 nitrogen and oxygen atoms in total. The van der Waals surface area contributed by atoms with Gasteiger partial charge in [-0.1, -0.05) is 24.3 Å². The summed E-state index contributed by atoms with van der Waals surface area (Å²) < 4.78 is 14.2. The van der Waals surface area contributed by atoms with Crippen LogP contribution in [0.25, 0.3) is 6.08 Å². The van der Waals surface area contributed by atoms with Gasteiger partial charge in [-0.05, 0) is 52.7 Å². The second kappa shape index (κ2) is 7.04. The molecule has 2 aromatic carbocycles. The van der Waals surface area contributed by atoms with Gasteiger partial charge in [0.2, 0.25) is 0 Å². The van der Waals surface area contributed by atoms with E-state index in [1.165, 1.54) is 18.3 Å². The first-order valence-corrected chi connectivity index (χ1v) is 7.10. The average molecular weight is 349 g/mol. The molecule has 0 saturated carbocycles. The Hall–Kier alpha value is -2.14. The van der Waals surface area contributed by atoms with Crippen molar-refractivity contribution in [3.05, 3.63) is 70.1 Å². The highest BCUT2D eigenvalue weighted by Crippen LogP contribution is 2.23. The van der Waals surface area contributed by atoms with Crippen LogP contribution in [0.1, 0.15) is 11.1 Å². The van der Waals surface area contributed by atoms with Crippen LogP contribution in [0.2, 0.25) is 0 Å². The lowest BCUT2D eigenvalue weighted by Crippen LogP contribution is -2.23. The first kappa shape index (κ1) is 15.3. The molecule has 108 valence electrons. The molecule has 2 aromatic rings. The van der Waals surface area contributed by atoms with E-state index in [9.17, 15) is 9.18 Å². The summed E-state index contributed by atoms with van der Waals surface area (Å²) in [5.41, 5.74) is 2.17. The molecule has 0 aliphatic rings. The molecule has 2 rings (SSSR count). The number of aryl methyl sites for hydroxylation is 1. The number of urea groups is 1. The van der Waals surface area contributed by atoms with Crippen molar-refractivity contribution in [2.75, 3.05) is 5.32 Å². The molecule has 0 aliphatic heterocycles. The van der Waals surface area contributed by atoms with Gasteiger partial charge in [0.1, 0.15) is 5.82 Å². The predicted molar refractivity (Wildman–Crippen MR) is 86.5 cm³/mol. The Kier molecular flexibility index (Phi) is 5.11. The lowest BCUT2D eigenvalue weighted by Gasteiger charge is -2.07. The van der Waals surface area contributed by atoms with Crippen molar-refractivity contribution in [3.8, 4) is 0 Å². The predicted octanol–water partition coefficient (Wildman–Crippen LogP) is 4.69. The van der Waals surface area contributed by atoms with E-state index < -0.39 is 6.03 Å². The van der Waals surface area contributed by atoms with Gasteiger partial charge in [0.15, 0.2) is 0 Å². The molecule has 0 aromatic heterocycles. The van der Waals surface area contributed by atoms with Gasteiger partial charge in [0.05, 0.1) is 5.69 Å². The molecule has 0 saturated heterocycles. The maximum Gasteiger partial charge on any atom is 0.323 e. The number of amides is 2. The third kappa shape index (κ3) is 4.43. The van der Waals surface area contributed by atoms with Crippen LogP contribution in [-0.2, 0) is 0 Å². The summed E-state index contributed by atoms with van der Waals surface area (Å²) in [4.78, 5) is 11.7. The Labute approximate surface area is 131 Å². The lowest BCUT2D eigenvalue weighted by atomic mass is 10.2. The van der Waals surface area contributed by atoms with Crippen molar-refractivity contribution in [2.45, 2.75) is 6.92 Å². The molecular formula is C16H14BrFN2O. The van der Waals surface area contributed by atoms with Gasteiger partial charge in [-0.15, -0.1) is 0 Å². The fraction of sp³-hybridized carbons (Fsp3) is 0.0625. The first-order valence-electron chi connectivity index (χ1n) is 6.31. The number of benzene rings is 2. The number of hydrogen-bond donors (Lipinski definition) is 2. The Bertz CT molecular complexity index is 686. The number of halogens is 2. The van der Waals surface area contributed by atoms with E-state index in [4.69, 9.17) is 0 Å². The summed E-state index contributed by atoms with van der Waals surface area (Å²) in [5, 5.41) is 5.23. The number of carbonyl (C=O) groups excluding carboxylic acids is 1. The van der Waals surface area contributed by atoms with Crippen molar-refractivity contribution in [1.29, 1.82) is 0 Å². The van der Waals surface area contributed by atoms with Gasteiger partial charge in [-0.2, -0.15) is 0 Å². The van der Waals surface area contributed by atoms with E-state index >= 15 is 0 Å². The summed E-state index contributed by atoms with van der Waals surface area (Å²) >= 11 is 3.38. The van der Waals surface area contributed by atoms with Crippen LogP contribution in [0.4, 0.5) is 14.9 Å². The van der Waals surface area contributed by atoms with Gasteiger partial charge < -0.3 is 10.6 Å². The lowest BCUT2D eigenvalue weighted by molar-refractivity contribution is 0.255. The minimum absolute atomic E-state index is 0.336. The van der Waals surface area contributed by atoms with Gasteiger partial charge >= 0.3 is 6.03 Å². The molecule has 0 heterocycles. The second-order valence-corrected chi connectivity index (χ2v) is 5.29. The van der Waals surface area contributed by atoms with Gasteiger partial charge in [-0.25, -0.2) is 9.18 Å². The summed E-state index contributed by atoms with van der Waals surface area (Å²) in [6.07, 6.45) is 2.90. The molecule has 0 aliphatic carbocycles.